The van der Waals surface area contributed by atoms with Crippen LogP contribution in [0.2, 0.25) is 0 Å². The van der Waals surface area contributed by atoms with Crippen molar-refractivity contribution >= 4 is 11.9 Å². The summed E-state index contributed by atoms with van der Waals surface area (Å²) in [6.45, 7) is 0.245. The third-order valence-corrected chi connectivity index (χ3v) is 4.10. The molecule has 3 nitrogen and oxygen atoms in total. The molecule has 0 aliphatic carbocycles. The Morgan fingerprint density at radius 3 is 2.32 bits per heavy atom. The molecule has 25 heavy (non-hydrogen) atoms. The highest BCUT2D eigenvalue weighted by Crippen LogP contribution is 2.32. The minimum Gasteiger partial charge on any atom is -0.454 e. The molecule has 0 spiro atoms. The highest BCUT2D eigenvalue weighted by atomic mass is 16.7. The molecule has 4 rings (SSSR count). The Labute approximate surface area is 146 Å². The summed E-state index contributed by atoms with van der Waals surface area (Å²) in [4.78, 5) is 12.4. The van der Waals surface area contributed by atoms with Crippen LogP contribution < -0.4 is 9.47 Å². The van der Waals surface area contributed by atoms with Gasteiger partial charge in [0.25, 0.3) is 0 Å². The van der Waals surface area contributed by atoms with Crippen molar-refractivity contribution in [3.05, 3.63) is 90.0 Å². The van der Waals surface area contributed by atoms with Gasteiger partial charge in [0.05, 0.1) is 0 Å². The minimum atomic E-state index is -0.0303. The standard InChI is InChI=1S/C22H16O3/c23-20(12-6-16-7-13-21-22(14-16)25-15-24-21)19-10-8-18(9-11-19)17-4-2-1-3-5-17/h1-14H,15H2. The third kappa shape index (κ3) is 3.31. The molecule has 0 N–H and O–H groups in total. The maximum atomic E-state index is 12.4. The molecule has 3 heteroatoms. The SMILES string of the molecule is O=C(C=Cc1ccc2c(c1)OCO2)c1ccc(-c2ccccc2)cc1. The van der Waals surface area contributed by atoms with E-state index in [0.717, 1.165) is 22.4 Å². The van der Waals surface area contributed by atoms with Crippen LogP contribution in [0.15, 0.2) is 78.9 Å². The van der Waals surface area contributed by atoms with Crippen LogP contribution in [0.1, 0.15) is 15.9 Å². The molecule has 1 aliphatic rings. The molecule has 0 aromatic heterocycles. The van der Waals surface area contributed by atoms with E-state index in [1.807, 2.05) is 60.7 Å². The number of ether oxygens (including phenoxy) is 2. The molecule has 0 radical (unpaired) electrons. The summed E-state index contributed by atoms with van der Waals surface area (Å²) >= 11 is 0. The Balaban J connectivity index is 1.49. The van der Waals surface area contributed by atoms with Gasteiger partial charge in [-0.15, -0.1) is 0 Å². The maximum absolute atomic E-state index is 12.4. The lowest BCUT2D eigenvalue weighted by Crippen LogP contribution is -1.93. The van der Waals surface area contributed by atoms with Gasteiger partial charge in [-0.05, 0) is 34.9 Å². The fraction of sp³-hybridized carbons (Fsp3) is 0.0455. The highest BCUT2D eigenvalue weighted by Gasteiger charge is 2.12. The summed E-state index contributed by atoms with van der Waals surface area (Å²) < 4.78 is 10.6. The van der Waals surface area contributed by atoms with E-state index >= 15 is 0 Å². The Bertz CT molecular complexity index is 925. The van der Waals surface area contributed by atoms with Crippen LogP contribution in [0.25, 0.3) is 17.2 Å². The number of carbonyl (C=O) groups excluding carboxylic acids is 1. The number of ketones is 1. The average molecular weight is 328 g/mol. The molecule has 1 aliphatic heterocycles. The van der Waals surface area contributed by atoms with Crippen molar-refractivity contribution in [1.82, 2.24) is 0 Å². The van der Waals surface area contributed by atoms with Crippen LogP contribution in [0, 0.1) is 0 Å². The van der Waals surface area contributed by atoms with Gasteiger partial charge in [0.15, 0.2) is 17.3 Å². The molecule has 0 fully saturated rings. The first-order valence-electron chi connectivity index (χ1n) is 8.07. The molecule has 0 atom stereocenters. The summed E-state index contributed by atoms with van der Waals surface area (Å²) in [7, 11) is 0. The van der Waals surface area contributed by atoms with E-state index in [0.29, 0.717) is 11.3 Å². The van der Waals surface area contributed by atoms with Crippen molar-refractivity contribution < 1.29 is 14.3 Å². The third-order valence-electron chi connectivity index (χ3n) is 4.10. The Hall–Kier alpha value is -3.33. The number of fused-ring (bicyclic) bond motifs is 1. The molecule has 1 heterocycles. The lowest BCUT2D eigenvalue weighted by molar-refractivity contribution is 0.104. The zero-order valence-corrected chi connectivity index (χ0v) is 13.5. The first kappa shape index (κ1) is 15.2. The van der Waals surface area contributed by atoms with Crippen LogP contribution in [-0.4, -0.2) is 12.6 Å². The van der Waals surface area contributed by atoms with Gasteiger partial charge in [0, 0.05) is 5.56 Å². The number of rotatable bonds is 4. The highest BCUT2D eigenvalue weighted by molar-refractivity contribution is 6.07. The van der Waals surface area contributed by atoms with Crippen molar-refractivity contribution in [3.63, 3.8) is 0 Å². The van der Waals surface area contributed by atoms with Gasteiger partial charge >= 0.3 is 0 Å². The first-order valence-corrected chi connectivity index (χ1v) is 8.07. The van der Waals surface area contributed by atoms with Crippen molar-refractivity contribution in [2.24, 2.45) is 0 Å². The van der Waals surface area contributed by atoms with Crippen LogP contribution in [0.5, 0.6) is 11.5 Å². The zero-order valence-electron chi connectivity index (χ0n) is 13.5. The summed E-state index contributed by atoms with van der Waals surface area (Å²) in [6.07, 6.45) is 3.37. The van der Waals surface area contributed by atoms with E-state index < -0.39 is 0 Å². The molecule has 0 unspecified atom stereocenters. The lowest BCUT2D eigenvalue weighted by atomic mass is 10.0. The Kier molecular flexibility index (Phi) is 4.05. The second-order valence-electron chi connectivity index (χ2n) is 5.75. The van der Waals surface area contributed by atoms with E-state index in [9.17, 15) is 4.79 Å². The summed E-state index contributed by atoms with van der Waals surface area (Å²) in [5.74, 6) is 1.42. The van der Waals surface area contributed by atoms with E-state index in [2.05, 4.69) is 12.1 Å². The quantitative estimate of drug-likeness (QED) is 0.500. The smallest absolute Gasteiger partial charge is 0.231 e. The summed E-state index contributed by atoms with van der Waals surface area (Å²) in [5, 5.41) is 0. The van der Waals surface area contributed by atoms with E-state index in [-0.39, 0.29) is 12.6 Å². The minimum absolute atomic E-state index is 0.0303. The molecule has 0 saturated heterocycles. The molecule has 122 valence electrons. The van der Waals surface area contributed by atoms with Gasteiger partial charge in [-0.1, -0.05) is 66.7 Å². The largest absolute Gasteiger partial charge is 0.454 e. The van der Waals surface area contributed by atoms with E-state index in [4.69, 9.17) is 9.47 Å². The molecular weight excluding hydrogens is 312 g/mol. The molecular formula is C22H16O3. The van der Waals surface area contributed by atoms with Crippen molar-refractivity contribution in [2.45, 2.75) is 0 Å². The predicted molar refractivity (Wildman–Crippen MR) is 97.8 cm³/mol. The van der Waals surface area contributed by atoms with Crippen molar-refractivity contribution in [2.75, 3.05) is 6.79 Å². The normalized spacial score (nSPS) is 12.5. The summed E-state index contributed by atoms with van der Waals surface area (Å²) in [5.41, 5.74) is 3.80. The molecule has 0 amide bonds. The molecule has 0 saturated carbocycles. The van der Waals surface area contributed by atoms with Crippen LogP contribution >= 0.6 is 0 Å². The number of hydrogen-bond acceptors (Lipinski definition) is 3. The number of benzene rings is 3. The van der Waals surface area contributed by atoms with Gasteiger partial charge < -0.3 is 9.47 Å². The van der Waals surface area contributed by atoms with Gasteiger partial charge in [-0.3, -0.25) is 4.79 Å². The average Bonchev–Trinajstić information content (AvgIpc) is 3.15. The first-order chi connectivity index (χ1) is 12.3. The van der Waals surface area contributed by atoms with Crippen LogP contribution in [0.4, 0.5) is 0 Å². The molecule has 3 aromatic rings. The topological polar surface area (TPSA) is 35.5 Å². The van der Waals surface area contributed by atoms with Crippen molar-refractivity contribution in [3.8, 4) is 22.6 Å². The van der Waals surface area contributed by atoms with Gasteiger partial charge in [-0.25, -0.2) is 0 Å². The van der Waals surface area contributed by atoms with E-state index in [1.165, 1.54) is 0 Å². The van der Waals surface area contributed by atoms with Crippen LogP contribution in [-0.2, 0) is 0 Å². The lowest BCUT2D eigenvalue weighted by Gasteiger charge is -2.02. The number of carbonyl (C=O) groups is 1. The van der Waals surface area contributed by atoms with Gasteiger partial charge in [0.2, 0.25) is 6.79 Å². The second kappa shape index (κ2) is 6.65. The fourth-order valence-electron chi connectivity index (χ4n) is 2.74. The predicted octanol–water partition coefficient (Wildman–Crippen LogP) is 4.98. The Morgan fingerprint density at radius 2 is 1.52 bits per heavy atom. The number of allylic oxidation sites excluding steroid dienone is 1. The van der Waals surface area contributed by atoms with Crippen LogP contribution in [0.3, 0.4) is 0 Å². The van der Waals surface area contributed by atoms with Crippen molar-refractivity contribution in [1.29, 1.82) is 0 Å². The van der Waals surface area contributed by atoms with Gasteiger partial charge in [-0.2, -0.15) is 0 Å². The fourth-order valence-corrected chi connectivity index (χ4v) is 2.74. The number of hydrogen-bond donors (Lipinski definition) is 0. The summed E-state index contributed by atoms with van der Waals surface area (Å²) in [6, 6.07) is 23.4. The monoisotopic (exact) mass is 328 g/mol. The van der Waals surface area contributed by atoms with E-state index in [1.54, 1.807) is 12.2 Å². The Morgan fingerprint density at radius 1 is 0.800 bits per heavy atom. The maximum Gasteiger partial charge on any atom is 0.231 e. The second-order valence-corrected chi connectivity index (χ2v) is 5.75. The zero-order chi connectivity index (χ0) is 17.1. The molecule has 3 aromatic carbocycles. The molecule has 0 bridgehead atoms. The van der Waals surface area contributed by atoms with Gasteiger partial charge in [0.1, 0.15) is 0 Å².